The zero-order chi connectivity index (χ0) is 37.1. The second-order valence-corrected chi connectivity index (χ2v) is 15.1. The molecule has 0 spiro atoms. The standard InChI is InChI=1S/C47H87NO3/c1-3-5-7-9-11-13-15-16-17-18-19-20-21-22-23-24-25-26-27-28-29-30-31-32-33-35-37-39-41-43-47(51)48-45(44-49)46(50)42-40-38-36-34-14-12-10-8-6-4-2/h14,19-20,22-23,34,40,42,45-46,49-50H,3-13,15-18,21,24-33,35-39,41,43-44H2,1-2H3,(H,48,51)/b20-19-,23-22-,34-14+,42-40+. The van der Waals surface area contributed by atoms with Crippen LogP contribution in [0.3, 0.4) is 0 Å². The van der Waals surface area contributed by atoms with Gasteiger partial charge in [0.05, 0.1) is 18.8 Å². The number of carbonyl (C=O) groups is 1. The van der Waals surface area contributed by atoms with Crippen LogP contribution in [0.2, 0.25) is 0 Å². The van der Waals surface area contributed by atoms with E-state index in [2.05, 4.69) is 55.6 Å². The first-order valence-electron chi connectivity index (χ1n) is 22.4. The van der Waals surface area contributed by atoms with Crippen molar-refractivity contribution in [2.45, 2.75) is 238 Å². The van der Waals surface area contributed by atoms with Crippen molar-refractivity contribution in [2.75, 3.05) is 6.61 Å². The average Bonchev–Trinajstić information content (AvgIpc) is 3.13. The molecule has 298 valence electrons. The van der Waals surface area contributed by atoms with Crippen LogP contribution >= 0.6 is 0 Å². The molecule has 0 aromatic rings. The number of carbonyl (C=O) groups excluding carboxylic acids is 1. The van der Waals surface area contributed by atoms with Crippen molar-refractivity contribution in [3.63, 3.8) is 0 Å². The van der Waals surface area contributed by atoms with Crippen LogP contribution in [0, 0.1) is 0 Å². The number of aliphatic hydroxyl groups excluding tert-OH is 2. The number of unbranched alkanes of at least 4 members (excludes halogenated alkanes) is 27. The summed E-state index contributed by atoms with van der Waals surface area (Å²) in [6, 6.07) is -0.637. The van der Waals surface area contributed by atoms with E-state index in [-0.39, 0.29) is 12.5 Å². The molecule has 2 unspecified atom stereocenters. The first-order chi connectivity index (χ1) is 25.2. The van der Waals surface area contributed by atoms with Crippen molar-refractivity contribution < 1.29 is 15.0 Å². The number of allylic oxidation sites excluding steroid dienone is 7. The van der Waals surface area contributed by atoms with Gasteiger partial charge in [-0.2, -0.15) is 0 Å². The lowest BCUT2D eigenvalue weighted by molar-refractivity contribution is -0.123. The van der Waals surface area contributed by atoms with Crippen molar-refractivity contribution in [1.29, 1.82) is 0 Å². The second-order valence-electron chi connectivity index (χ2n) is 15.1. The molecule has 4 nitrogen and oxygen atoms in total. The van der Waals surface area contributed by atoms with E-state index >= 15 is 0 Å². The van der Waals surface area contributed by atoms with Gasteiger partial charge in [-0.05, 0) is 64.2 Å². The molecule has 1 amide bonds. The van der Waals surface area contributed by atoms with Crippen LogP contribution < -0.4 is 5.32 Å². The summed E-state index contributed by atoms with van der Waals surface area (Å²) < 4.78 is 0. The summed E-state index contributed by atoms with van der Waals surface area (Å²) in [5.74, 6) is -0.0774. The lowest BCUT2D eigenvalue weighted by Gasteiger charge is -2.19. The number of nitrogens with one attached hydrogen (secondary N) is 1. The fourth-order valence-electron chi connectivity index (χ4n) is 6.58. The summed E-state index contributed by atoms with van der Waals surface area (Å²) in [5.41, 5.74) is 0. The molecule has 0 aromatic carbocycles. The summed E-state index contributed by atoms with van der Waals surface area (Å²) in [5, 5.41) is 22.9. The van der Waals surface area contributed by atoms with Gasteiger partial charge in [0.2, 0.25) is 5.91 Å². The van der Waals surface area contributed by atoms with Crippen molar-refractivity contribution in [3.05, 3.63) is 48.6 Å². The average molecular weight is 714 g/mol. The fraction of sp³-hybridized carbons (Fsp3) is 0.809. The van der Waals surface area contributed by atoms with Gasteiger partial charge < -0.3 is 15.5 Å². The lowest BCUT2D eigenvalue weighted by Crippen LogP contribution is -2.45. The van der Waals surface area contributed by atoms with E-state index in [9.17, 15) is 15.0 Å². The van der Waals surface area contributed by atoms with Crippen molar-refractivity contribution in [1.82, 2.24) is 5.32 Å². The number of rotatable bonds is 40. The van der Waals surface area contributed by atoms with Crippen LogP contribution in [0.15, 0.2) is 48.6 Å². The van der Waals surface area contributed by atoms with E-state index in [1.807, 2.05) is 6.08 Å². The third-order valence-corrected chi connectivity index (χ3v) is 10.0. The number of hydrogen-bond acceptors (Lipinski definition) is 3. The maximum atomic E-state index is 12.3. The Balaban J connectivity index is 3.50. The molecule has 0 fully saturated rings. The molecule has 0 aliphatic rings. The smallest absolute Gasteiger partial charge is 0.220 e. The molecule has 0 radical (unpaired) electrons. The first kappa shape index (κ1) is 49.4. The predicted octanol–water partition coefficient (Wildman–Crippen LogP) is 14.0. The Morgan fingerprint density at radius 1 is 0.471 bits per heavy atom. The van der Waals surface area contributed by atoms with E-state index in [1.165, 1.54) is 167 Å². The normalized spacial score (nSPS) is 13.4. The zero-order valence-corrected chi connectivity index (χ0v) is 34.1. The largest absolute Gasteiger partial charge is 0.394 e. The number of aliphatic hydroxyl groups is 2. The Morgan fingerprint density at radius 3 is 1.27 bits per heavy atom. The van der Waals surface area contributed by atoms with E-state index in [0.29, 0.717) is 6.42 Å². The SMILES string of the molecule is CCCCCC/C=C/CC/C=C/C(O)C(CO)NC(=O)CCCCCCCCCCCCCCC/C=C\C/C=C\CCCCCCCCCCC. The van der Waals surface area contributed by atoms with Crippen LogP contribution in [0.4, 0.5) is 0 Å². The summed E-state index contributed by atoms with van der Waals surface area (Å²) in [6.45, 7) is 4.26. The Kier molecular flexibility index (Phi) is 41.4. The van der Waals surface area contributed by atoms with Gasteiger partial charge in [-0.15, -0.1) is 0 Å². The van der Waals surface area contributed by atoms with E-state index in [4.69, 9.17) is 0 Å². The van der Waals surface area contributed by atoms with E-state index in [0.717, 1.165) is 38.5 Å². The molecular formula is C47H87NO3. The molecule has 3 N–H and O–H groups in total. The maximum Gasteiger partial charge on any atom is 0.220 e. The number of hydrogen-bond donors (Lipinski definition) is 3. The van der Waals surface area contributed by atoms with Gasteiger partial charge in [0.25, 0.3) is 0 Å². The summed E-state index contributed by atoms with van der Waals surface area (Å²) in [4.78, 5) is 12.3. The predicted molar refractivity (Wildman–Crippen MR) is 225 cm³/mol. The van der Waals surface area contributed by atoms with Crippen LogP contribution in [-0.4, -0.2) is 34.9 Å². The quantitative estimate of drug-likeness (QED) is 0.0437. The molecule has 4 heteroatoms. The monoisotopic (exact) mass is 714 g/mol. The molecule has 0 heterocycles. The van der Waals surface area contributed by atoms with Gasteiger partial charge in [0, 0.05) is 6.42 Å². The van der Waals surface area contributed by atoms with Gasteiger partial charge >= 0.3 is 0 Å². The van der Waals surface area contributed by atoms with Crippen molar-refractivity contribution >= 4 is 5.91 Å². The Labute approximate surface area is 318 Å². The topological polar surface area (TPSA) is 69.6 Å². The maximum absolute atomic E-state index is 12.3. The van der Waals surface area contributed by atoms with Crippen LogP contribution in [0.25, 0.3) is 0 Å². The Bertz CT molecular complexity index is 816. The Morgan fingerprint density at radius 2 is 0.824 bits per heavy atom. The van der Waals surface area contributed by atoms with E-state index in [1.54, 1.807) is 6.08 Å². The highest BCUT2D eigenvalue weighted by molar-refractivity contribution is 5.76. The van der Waals surface area contributed by atoms with Crippen molar-refractivity contribution in [3.8, 4) is 0 Å². The molecule has 0 saturated heterocycles. The van der Waals surface area contributed by atoms with E-state index < -0.39 is 12.1 Å². The Hall–Kier alpha value is -1.65. The first-order valence-corrected chi connectivity index (χ1v) is 22.4. The third-order valence-electron chi connectivity index (χ3n) is 10.0. The van der Waals surface area contributed by atoms with Crippen LogP contribution in [-0.2, 0) is 4.79 Å². The fourth-order valence-corrected chi connectivity index (χ4v) is 6.58. The van der Waals surface area contributed by atoms with Gasteiger partial charge in [0.1, 0.15) is 0 Å². The molecule has 0 aliphatic carbocycles. The molecule has 51 heavy (non-hydrogen) atoms. The molecule has 0 aliphatic heterocycles. The highest BCUT2D eigenvalue weighted by Gasteiger charge is 2.17. The highest BCUT2D eigenvalue weighted by atomic mass is 16.3. The van der Waals surface area contributed by atoms with Gasteiger partial charge in [-0.1, -0.05) is 204 Å². The van der Waals surface area contributed by atoms with Crippen molar-refractivity contribution in [2.24, 2.45) is 0 Å². The third kappa shape index (κ3) is 39.4. The van der Waals surface area contributed by atoms with Gasteiger partial charge in [-0.25, -0.2) is 0 Å². The number of amides is 1. The molecule has 0 rings (SSSR count). The summed E-state index contributed by atoms with van der Waals surface area (Å²) in [6.07, 6.45) is 58.1. The van der Waals surface area contributed by atoms with Crippen LogP contribution in [0.5, 0.6) is 0 Å². The molecule has 0 aromatic heterocycles. The van der Waals surface area contributed by atoms with Crippen LogP contribution in [0.1, 0.15) is 226 Å². The minimum absolute atomic E-state index is 0.0774. The highest BCUT2D eigenvalue weighted by Crippen LogP contribution is 2.14. The minimum atomic E-state index is -0.860. The summed E-state index contributed by atoms with van der Waals surface area (Å²) >= 11 is 0. The molecular weight excluding hydrogens is 627 g/mol. The molecule has 2 atom stereocenters. The summed E-state index contributed by atoms with van der Waals surface area (Å²) in [7, 11) is 0. The molecule has 0 bridgehead atoms. The lowest BCUT2D eigenvalue weighted by atomic mass is 10.0. The van der Waals surface area contributed by atoms with Gasteiger partial charge in [0.15, 0.2) is 0 Å². The zero-order valence-electron chi connectivity index (χ0n) is 34.1. The second kappa shape index (κ2) is 42.8. The van der Waals surface area contributed by atoms with Gasteiger partial charge in [-0.3, -0.25) is 4.79 Å². The molecule has 0 saturated carbocycles. The minimum Gasteiger partial charge on any atom is -0.394 e.